The van der Waals surface area contributed by atoms with Gasteiger partial charge in [-0.2, -0.15) is 0 Å². The topological polar surface area (TPSA) is 72.2 Å². The Bertz CT molecular complexity index is 571. The smallest absolute Gasteiger partial charge is 0.250 e. The first kappa shape index (κ1) is 13.9. The summed E-state index contributed by atoms with van der Waals surface area (Å²) in [6.45, 7) is 3.84. The van der Waals surface area contributed by atoms with Crippen molar-refractivity contribution in [2.75, 3.05) is 0 Å². The maximum atomic E-state index is 12.2. The molecule has 0 radical (unpaired) electrons. The quantitative estimate of drug-likeness (QED) is 0.814. The molecule has 1 aromatic heterocycles. The van der Waals surface area contributed by atoms with Crippen LogP contribution < -0.4 is 10.5 Å². The van der Waals surface area contributed by atoms with Crippen LogP contribution in [0.2, 0.25) is 0 Å². The van der Waals surface area contributed by atoms with Crippen LogP contribution >= 0.6 is 23.6 Å². The predicted molar refractivity (Wildman–Crippen MR) is 77.3 cm³/mol. The predicted octanol–water partition coefficient (Wildman–Crippen LogP) is 1.85. The van der Waals surface area contributed by atoms with Gasteiger partial charge >= 0.3 is 0 Å². The Balaban J connectivity index is 2.22. The standard InChI is InChI=1S/C11H16N2O2S3/c1-11(2,7-3-4-7)13-18(14,15)9-6-5-8(17-9)10(12)16/h5-7,13H,3-4H2,1-2H3,(H2,12,16). The minimum atomic E-state index is -3.48. The number of thiophene rings is 1. The Hall–Kier alpha value is -0.500. The van der Waals surface area contributed by atoms with Gasteiger partial charge in [0.05, 0.1) is 4.88 Å². The fraction of sp³-hybridized carbons (Fsp3) is 0.545. The number of thiocarbonyl (C=S) groups is 1. The Morgan fingerprint density at radius 3 is 2.56 bits per heavy atom. The first-order chi connectivity index (χ1) is 8.22. The van der Waals surface area contributed by atoms with Gasteiger partial charge in [0.25, 0.3) is 10.0 Å². The van der Waals surface area contributed by atoms with Gasteiger partial charge in [-0.15, -0.1) is 11.3 Å². The van der Waals surface area contributed by atoms with E-state index in [1.807, 2.05) is 13.8 Å². The molecule has 1 fully saturated rings. The lowest BCUT2D eigenvalue weighted by Crippen LogP contribution is -2.44. The molecule has 7 heteroatoms. The lowest BCUT2D eigenvalue weighted by molar-refractivity contribution is 0.401. The molecule has 0 atom stereocenters. The summed E-state index contributed by atoms with van der Waals surface area (Å²) in [7, 11) is -3.48. The fourth-order valence-electron chi connectivity index (χ4n) is 1.88. The second-order valence-electron chi connectivity index (χ2n) is 5.08. The van der Waals surface area contributed by atoms with Gasteiger partial charge in [0.15, 0.2) is 0 Å². The van der Waals surface area contributed by atoms with Crippen LogP contribution in [0.5, 0.6) is 0 Å². The van der Waals surface area contributed by atoms with Crippen molar-refractivity contribution >= 4 is 38.6 Å². The van der Waals surface area contributed by atoms with E-state index in [4.69, 9.17) is 18.0 Å². The van der Waals surface area contributed by atoms with Crippen molar-refractivity contribution in [3.8, 4) is 0 Å². The van der Waals surface area contributed by atoms with Crippen LogP contribution in [-0.4, -0.2) is 18.9 Å². The molecule has 0 unspecified atom stereocenters. The summed E-state index contributed by atoms with van der Waals surface area (Å²) in [6, 6.07) is 3.19. The summed E-state index contributed by atoms with van der Waals surface area (Å²) in [4.78, 5) is 0.845. The van der Waals surface area contributed by atoms with Crippen molar-refractivity contribution < 1.29 is 8.42 Å². The minimum absolute atomic E-state index is 0.225. The van der Waals surface area contributed by atoms with Crippen molar-refractivity contribution in [3.63, 3.8) is 0 Å². The minimum Gasteiger partial charge on any atom is -0.389 e. The van der Waals surface area contributed by atoms with Crippen LogP contribution in [0.4, 0.5) is 0 Å². The van der Waals surface area contributed by atoms with Crippen molar-refractivity contribution in [2.45, 2.75) is 36.4 Å². The number of nitrogens with two attached hydrogens (primary N) is 1. The molecule has 3 N–H and O–H groups in total. The van der Waals surface area contributed by atoms with E-state index >= 15 is 0 Å². The SMILES string of the molecule is CC(C)(NS(=O)(=O)c1ccc(C(N)=S)s1)C1CC1. The molecule has 0 saturated heterocycles. The molecule has 0 aromatic carbocycles. The Kier molecular flexibility index (Phi) is 3.52. The van der Waals surface area contributed by atoms with Gasteiger partial charge in [0.2, 0.25) is 0 Å². The molecule has 0 amide bonds. The van der Waals surface area contributed by atoms with Gasteiger partial charge in [-0.25, -0.2) is 13.1 Å². The van der Waals surface area contributed by atoms with Crippen LogP contribution in [-0.2, 0) is 10.0 Å². The molecular formula is C11H16N2O2S3. The monoisotopic (exact) mass is 304 g/mol. The van der Waals surface area contributed by atoms with Crippen LogP contribution in [0, 0.1) is 5.92 Å². The second kappa shape index (κ2) is 4.56. The Labute approximate surface area is 117 Å². The number of rotatable bonds is 5. The van der Waals surface area contributed by atoms with Gasteiger partial charge in [0.1, 0.15) is 9.20 Å². The lowest BCUT2D eigenvalue weighted by atomic mass is 10.0. The number of nitrogens with one attached hydrogen (secondary N) is 1. The van der Waals surface area contributed by atoms with Gasteiger partial charge in [-0.3, -0.25) is 0 Å². The number of hydrogen-bond acceptors (Lipinski definition) is 4. The highest BCUT2D eigenvalue weighted by molar-refractivity contribution is 7.91. The molecule has 0 aliphatic heterocycles. The Morgan fingerprint density at radius 1 is 1.50 bits per heavy atom. The molecule has 0 spiro atoms. The van der Waals surface area contributed by atoms with Crippen molar-refractivity contribution in [1.82, 2.24) is 4.72 Å². The Morgan fingerprint density at radius 2 is 2.11 bits per heavy atom. The maximum absolute atomic E-state index is 12.2. The lowest BCUT2D eigenvalue weighted by Gasteiger charge is -2.25. The average Bonchev–Trinajstić information content (AvgIpc) is 2.94. The van der Waals surface area contributed by atoms with E-state index in [1.165, 1.54) is 0 Å². The molecule has 1 saturated carbocycles. The van der Waals surface area contributed by atoms with Gasteiger partial charge in [-0.05, 0) is 44.7 Å². The molecule has 1 aliphatic carbocycles. The number of hydrogen-bond donors (Lipinski definition) is 2. The van der Waals surface area contributed by atoms with E-state index in [0.717, 1.165) is 24.2 Å². The zero-order valence-electron chi connectivity index (χ0n) is 10.3. The highest BCUT2D eigenvalue weighted by Crippen LogP contribution is 2.40. The van der Waals surface area contributed by atoms with Crippen molar-refractivity contribution in [1.29, 1.82) is 0 Å². The first-order valence-corrected chi connectivity index (χ1v) is 8.37. The van der Waals surface area contributed by atoms with E-state index in [0.29, 0.717) is 10.8 Å². The fourth-order valence-corrected chi connectivity index (χ4v) is 4.70. The van der Waals surface area contributed by atoms with E-state index in [2.05, 4.69) is 4.72 Å². The summed E-state index contributed by atoms with van der Waals surface area (Å²) in [5.41, 5.74) is 5.09. The molecule has 1 aromatic rings. The van der Waals surface area contributed by atoms with Crippen molar-refractivity contribution in [2.24, 2.45) is 11.7 Å². The molecule has 1 heterocycles. The average molecular weight is 304 g/mol. The van der Waals surface area contributed by atoms with Crippen LogP contribution in [0.15, 0.2) is 16.3 Å². The summed E-state index contributed by atoms with van der Waals surface area (Å²) in [5.74, 6) is 0.433. The van der Waals surface area contributed by atoms with Crippen LogP contribution in [0.25, 0.3) is 0 Å². The highest BCUT2D eigenvalue weighted by Gasteiger charge is 2.40. The molecule has 100 valence electrons. The summed E-state index contributed by atoms with van der Waals surface area (Å²) in [6.07, 6.45) is 2.16. The summed E-state index contributed by atoms with van der Waals surface area (Å²) < 4.78 is 27.5. The van der Waals surface area contributed by atoms with Crippen molar-refractivity contribution in [3.05, 3.63) is 17.0 Å². The maximum Gasteiger partial charge on any atom is 0.250 e. The molecule has 1 aliphatic rings. The zero-order valence-corrected chi connectivity index (χ0v) is 12.7. The third-order valence-corrected chi connectivity index (χ3v) is 6.72. The first-order valence-electron chi connectivity index (χ1n) is 5.66. The molecule has 2 rings (SSSR count). The van der Waals surface area contributed by atoms with E-state index in [1.54, 1.807) is 12.1 Å². The second-order valence-corrected chi connectivity index (χ2v) is 8.52. The van der Waals surface area contributed by atoms with Gasteiger partial charge in [-0.1, -0.05) is 12.2 Å². The van der Waals surface area contributed by atoms with Crippen LogP contribution in [0.3, 0.4) is 0 Å². The van der Waals surface area contributed by atoms with Crippen LogP contribution in [0.1, 0.15) is 31.6 Å². The summed E-state index contributed by atoms with van der Waals surface area (Å²) in [5, 5.41) is 0. The third-order valence-electron chi connectivity index (χ3n) is 3.08. The van der Waals surface area contributed by atoms with E-state index in [-0.39, 0.29) is 9.20 Å². The largest absolute Gasteiger partial charge is 0.389 e. The third kappa shape index (κ3) is 2.90. The van der Waals surface area contributed by atoms with Gasteiger partial charge in [0, 0.05) is 5.54 Å². The molecule has 18 heavy (non-hydrogen) atoms. The molecular weight excluding hydrogens is 288 g/mol. The normalized spacial score (nSPS) is 16.8. The van der Waals surface area contributed by atoms with E-state index in [9.17, 15) is 8.42 Å². The van der Waals surface area contributed by atoms with E-state index < -0.39 is 15.6 Å². The summed E-state index contributed by atoms with van der Waals surface area (Å²) >= 11 is 5.94. The zero-order chi connectivity index (χ0) is 13.6. The highest BCUT2D eigenvalue weighted by atomic mass is 32.2. The number of sulfonamides is 1. The molecule has 0 bridgehead atoms. The van der Waals surface area contributed by atoms with Gasteiger partial charge < -0.3 is 5.73 Å². The molecule has 4 nitrogen and oxygen atoms in total.